The Kier molecular flexibility index (Phi) is 12.4. The van der Waals surface area contributed by atoms with E-state index in [1.54, 1.807) is 0 Å². The van der Waals surface area contributed by atoms with Crippen LogP contribution in [0.1, 0.15) is 59.8 Å². The van der Waals surface area contributed by atoms with E-state index in [9.17, 15) is 0 Å². The van der Waals surface area contributed by atoms with Gasteiger partial charge in [0.05, 0.1) is 0 Å². The van der Waals surface area contributed by atoms with Gasteiger partial charge in [-0.3, -0.25) is 0 Å². The van der Waals surface area contributed by atoms with E-state index in [-0.39, 0.29) is 10.8 Å². The second-order valence-corrected chi connectivity index (χ2v) is 9.80. The fourth-order valence-electron chi connectivity index (χ4n) is 2.02. The Bertz CT molecular complexity index is 219. The molecule has 0 fully saturated rings. The molecule has 0 heterocycles. The van der Waals surface area contributed by atoms with Gasteiger partial charge in [0.1, 0.15) is 0 Å². The first-order valence-electron chi connectivity index (χ1n) is 8.20. The van der Waals surface area contributed by atoms with Gasteiger partial charge < -0.3 is 10.2 Å². The molecule has 0 saturated heterocycles. The van der Waals surface area contributed by atoms with Crippen LogP contribution in [0.3, 0.4) is 0 Å². The molecular formula is C17H36O2S2. The quantitative estimate of drug-likeness (QED) is 0.460. The predicted octanol–water partition coefficient (Wildman–Crippen LogP) is 4.44. The lowest BCUT2D eigenvalue weighted by Gasteiger charge is -2.23. The predicted molar refractivity (Wildman–Crippen MR) is 99.5 cm³/mol. The van der Waals surface area contributed by atoms with Gasteiger partial charge in [0.2, 0.25) is 0 Å². The molecular weight excluding hydrogens is 300 g/mol. The van der Waals surface area contributed by atoms with Crippen LogP contribution in [0, 0.1) is 10.8 Å². The van der Waals surface area contributed by atoms with E-state index in [1.807, 2.05) is 23.5 Å². The smallest absolute Gasteiger partial charge is 0.0436 e. The number of hydrogen-bond donors (Lipinski definition) is 2. The van der Waals surface area contributed by atoms with E-state index in [0.29, 0.717) is 13.2 Å². The van der Waals surface area contributed by atoms with Crippen LogP contribution in [0.25, 0.3) is 0 Å². The highest BCUT2D eigenvalue weighted by Gasteiger charge is 2.17. The summed E-state index contributed by atoms with van der Waals surface area (Å²) in [6, 6.07) is 0. The maximum absolute atomic E-state index is 8.99. The second kappa shape index (κ2) is 12.1. The van der Waals surface area contributed by atoms with Crippen LogP contribution >= 0.6 is 23.5 Å². The Morgan fingerprint density at radius 2 is 1.00 bits per heavy atom. The normalized spacial score (nSPS) is 12.9. The van der Waals surface area contributed by atoms with Gasteiger partial charge in [-0.05, 0) is 65.9 Å². The van der Waals surface area contributed by atoms with Gasteiger partial charge in [0.15, 0.2) is 0 Å². The van der Waals surface area contributed by atoms with Crippen molar-refractivity contribution < 1.29 is 10.2 Å². The molecule has 4 heteroatoms. The summed E-state index contributed by atoms with van der Waals surface area (Å²) in [5.74, 6) is 4.92. The number of aliphatic hydroxyl groups excluding tert-OH is 2. The molecule has 0 aromatic heterocycles. The first kappa shape index (κ1) is 21.6. The van der Waals surface area contributed by atoms with E-state index < -0.39 is 0 Å². The average molecular weight is 337 g/mol. The van der Waals surface area contributed by atoms with Crippen LogP contribution < -0.4 is 0 Å². The maximum Gasteiger partial charge on any atom is 0.0436 e. The van der Waals surface area contributed by atoms with Crippen molar-refractivity contribution in [2.75, 3.05) is 36.2 Å². The Morgan fingerprint density at radius 1 is 0.619 bits per heavy atom. The van der Waals surface area contributed by atoms with Gasteiger partial charge in [0.25, 0.3) is 0 Å². The molecule has 0 spiro atoms. The largest absolute Gasteiger partial charge is 0.396 e. The monoisotopic (exact) mass is 336 g/mol. The van der Waals surface area contributed by atoms with E-state index in [1.165, 1.54) is 42.3 Å². The molecule has 0 rings (SSSR count). The summed E-state index contributed by atoms with van der Waals surface area (Å²) < 4.78 is 0. The lowest BCUT2D eigenvalue weighted by atomic mass is 9.87. The van der Waals surface area contributed by atoms with Gasteiger partial charge in [0, 0.05) is 13.2 Å². The molecule has 0 aliphatic rings. The molecule has 21 heavy (non-hydrogen) atoms. The second-order valence-electron chi connectivity index (χ2n) is 7.35. The van der Waals surface area contributed by atoms with Crippen molar-refractivity contribution in [3.05, 3.63) is 0 Å². The van der Waals surface area contributed by atoms with Crippen LogP contribution in [0.2, 0.25) is 0 Å². The summed E-state index contributed by atoms with van der Waals surface area (Å²) in [4.78, 5) is 0. The molecule has 128 valence electrons. The molecule has 0 radical (unpaired) electrons. The average Bonchev–Trinajstić information content (AvgIpc) is 2.36. The summed E-state index contributed by atoms with van der Waals surface area (Å²) in [7, 11) is 0. The number of aliphatic hydroxyl groups is 2. The van der Waals surface area contributed by atoms with Gasteiger partial charge in [-0.15, -0.1) is 0 Å². The van der Waals surface area contributed by atoms with Crippen molar-refractivity contribution in [1.82, 2.24) is 0 Å². The molecule has 0 amide bonds. The highest BCUT2D eigenvalue weighted by molar-refractivity contribution is 8.00. The molecule has 2 nitrogen and oxygen atoms in total. The molecule has 0 atom stereocenters. The number of thioether (sulfide) groups is 2. The molecule has 0 bridgehead atoms. The fraction of sp³-hybridized carbons (Fsp3) is 1.00. The van der Waals surface area contributed by atoms with E-state index in [4.69, 9.17) is 10.2 Å². The van der Waals surface area contributed by atoms with E-state index >= 15 is 0 Å². The molecule has 0 saturated carbocycles. The molecule has 0 aromatic carbocycles. The number of rotatable bonds is 14. The molecule has 0 unspecified atom stereocenters. The van der Waals surface area contributed by atoms with Gasteiger partial charge in [-0.2, -0.15) is 23.5 Å². The summed E-state index contributed by atoms with van der Waals surface area (Å²) >= 11 is 4.10. The Morgan fingerprint density at radius 3 is 1.33 bits per heavy atom. The Labute approximate surface area is 140 Å². The third-order valence-corrected chi connectivity index (χ3v) is 6.14. The van der Waals surface area contributed by atoms with Crippen LogP contribution in [0.5, 0.6) is 0 Å². The van der Waals surface area contributed by atoms with E-state index in [2.05, 4.69) is 27.7 Å². The molecule has 0 aliphatic heterocycles. The van der Waals surface area contributed by atoms with Crippen LogP contribution in [0.4, 0.5) is 0 Å². The van der Waals surface area contributed by atoms with Crippen molar-refractivity contribution in [3.63, 3.8) is 0 Å². The fourth-order valence-corrected chi connectivity index (χ4v) is 4.70. The Hall–Kier alpha value is 0.620. The summed E-state index contributed by atoms with van der Waals surface area (Å²) in [5, 5.41) is 18.0. The lowest BCUT2D eigenvalue weighted by Crippen LogP contribution is -2.14. The van der Waals surface area contributed by atoms with Crippen molar-refractivity contribution in [2.24, 2.45) is 10.8 Å². The van der Waals surface area contributed by atoms with Gasteiger partial charge >= 0.3 is 0 Å². The van der Waals surface area contributed by atoms with Crippen LogP contribution in [0.15, 0.2) is 0 Å². The first-order chi connectivity index (χ1) is 9.83. The van der Waals surface area contributed by atoms with Crippen molar-refractivity contribution in [2.45, 2.75) is 59.8 Å². The topological polar surface area (TPSA) is 40.5 Å². The first-order valence-corrected chi connectivity index (χ1v) is 10.5. The van der Waals surface area contributed by atoms with Crippen molar-refractivity contribution >= 4 is 23.5 Å². The highest BCUT2D eigenvalue weighted by atomic mass is 32.2. The third-order valence-electron chi connectivity index (χ3n) is 4.00. The molecule has 2 N–H and O–H groups in total. The van der Waals surface area contributed by atoms with Gasteiger partial charge in [-0.1, -0.05) is 27.7 Å². The zero-order chi connectivity index (χ0) is 16.2. The van der Waals surface area contributed by atoms with Crippen molar-refractivity contribution in [1.29, 1.82) is 0 Å². The summed E-state index contributed by atoms with van der Waals surface area (Å²) in [5.41, 5.74) is 0.573. The standard InChI is InChI=1S/C17H36O2S2/c1-16(2,6-10-18)8-14-20-12-5-13-21-15-9-17(3,4)7-11-19/h18-19H,5-15H2,1-4H3. The zero-order valence-corrected chi connectivity index (χ0v) is 16.1. The maximum atomic E-state index is 8.99. The highest BCUT2D eigenvalue weighted by Crippen LogP contribution is 2.28. The summed E-state index contributed by atoms with van der Waals surface area (Å²) in [6.45, 7) is 9.59. The minimum absolute atomic E-state index is 0.286. The Balaban J connectivity index is 3.37. The van der Waals surface area contributed by atoms with Crippen LogP contribution in [-0.4, -0.2) is 46.4 Å². The van der Waals surface area contributed by atoms with E-state index in [0.717, 1.165) is 12.8 Å². The van der Waals surface area contributed by atoms with Gasteiger partial charge in [-0.25, -0.2) is 0 Å². The third kappa shape index (κ3) is 14.0. The molecule has 0 aliphatic carbocycles. The zero-order valence-electron chi connectivity index (χ0n) is 14.5. The molecule has 0 aromatic rings. The number of hydrogen-bond acceptors (Lipinski definition) is 4. The van der Waals surface area contributed by atoms with Crippen LogP contribution in [-0.2, 0) is 0 Å². The summed E-state index contributed by atoms with van der Waals surface area (Å²) in [6.07, 6.45) is 5.50. The minimum Gasteiger partial charge on any atom is -0.396 e. The van der Waals surface area contributed by atoms with Crippen molar-refractivity contribution in [3.8, 4) is 0 Å². The SMILES string of the molecule is CC(C)(CCO)CCSCCCSCCC(C)(C)CCO. The minimum atomic E-state index is 0.286. The lowest BCUT2D eigenvalue weighted by molar-refractivity contribution is 0.208.